The number of thiophene rings is 1. The van der Waals surface area contributed by atoms with Crippen molar-refractivity contribution >= 4 is 21.6 Å². The van der Waals surface area contributed by atoms with E-state index in [4.69, 9.17) is 20.9 Å². The quantitative estimate of drug-likeness (QED) is 0.404. The van der Waals surface area contributed by atoms with Gasteiger partial charge in [0, 0.05) is 37.6 Å². The minimum Gasteiger partial charge on any atom is -0.389 e. The number of morpholine rings is 1. The predicted octanol–water partition coefficient (Wildman–Crippen LogP) is 1.01. The molecule has 0 bridgehead atoms. The van der Waals surface area contributed by atoms with Gasteiger partial charge in [-0.05, 0) is 31.2 Å². The monoisotopic (exact) mass is 460 g/mol. The maximum atomic E-state index is 12.9. The molecule has 2 aromatic rings. The lowest BCUT2D eigenvalue weighted by Crippen LogP contribution is -2.43. The molecule has 1 aliphatic carbocycles. The SMILES string of the molecule is C#CCOCC(O)CN(CCN1CCOCC1)Cc1nc2sc3c(c2c(=O)[nH]1)CCCC3. The molecule has 0 spiro atoms. The molecule has 0 saturated carbocycles. The average Bonchev–Trinajstić information content (AvgIpc) is 3.17. The van der Waals surface area contributed by atoms with Crippen molar-refractivity contribution in [1.82, 2.24) is 19.8 Å². The van der Waals surface area contributed by atoms with Gasteiger partial charge in [-0.1, -0.05) is 5.92 Å². The summed E-state index contributed by atoms with van der Waals surface area (Å²) in [6, 6.07) is 0. The van der Waals surface area contributed by atoms with E-state index in [1.165, 1.54) is 16.9 Å². The highest BCUT2D eigenvalue weighted by atomic mass is 32.1. The molecule has 174 valence electrons. The minimum absolute atomic E-state index is 0.0459. The highest BCUT2D eigenvalue weighted by Gasteiger charge is 2.21. The van der Waals surface area contributed by atoms with Gasteiger partial charge in [0.2, 0.25) is 0 Å². The largest absolute Gasteiger partial charge is 0.389 e. The third-order valence-electron chi connectivity index (χ3n) is 6.05. The number of hydrogen-bond acceptors (Lipinski definition) is 8. The fourth-order valence-electron chi connectivity index (χ4n) is 4.44. The van der Waals surface area contributed by atoms with E-state index in [0.717, 1.165) is 68.9 Å². The number of aromatic nitrogens is 2. The first-order chi connectivity index (χ1) is 15.6. The number of hydrogen-bond donors (Lipinski definition) is 2. The van der Waals surface area contributed by atoms with Crippen molar-refractivity contribution in [2.24, 2.45) is 0 Å². The highest BCUT2D eigenvalue weighted by Crippen LogP contribution is 2.33. The number of rotatable bonds is 10. The zero-order chi connectivity index (χ0) is 22.3. The Morgan fingerprint density at radius 2 is 2.16 bits per heavy atom. The van der Waals surface area contributed by atoms with Crippen LogP contribution < -0.4 is 5.56 Å². The van der Waals surface area contributed by atoms with Crippen LogP contribution in [0.2, 0.25) is 0 Å². The Kier molecular flexibility index (Phi) is 8.30. The first-order valence-corrected chi connectivity index (χ1v) is 12.2. The molecule has 2 aromatic heterocycles. The molecule has 2 aliphatic rings. The Hall–Kier alpha value is -1.80. The molecular formula is C23H32N4O4S. The average molecular weight is 461 g/mol. The lowest BCUT2D eigenvalue weighted by molar-refractivity contribution is 0.0132. The number of aryl methyl sites for hydroxylation is 2. The third kappa shape index (κ3) is 5.95. The van der Waals surface area contributed by atoms with Gasteiger partial charge in [0.15, 0.2) is 0 Å². The van der Waals surface area contributed by atoms with Crippen LogP contribution in [0.3, 0.4) is 0 Å². The molecule has 4 rings (SSSR count). The van der Waals surface area contributed by atoms with Gasteiger partial charge in [-0.15, -0.1) is 17.8 Å². The fraction of sp³-hybridized carbons (Fsp3) is 0.652. The summed E-state index contributed by atoms with van der Waals surface area (Å²) >= 11 is 1.66. The summed E-state index contributed by atoms with van der Waals surface area (Å²) in [5, 5.41) is 11.2. The van der Waals surface area contributed by atoms with Gasteiger partial charge in [0.1, 0.15) is 17.3 Å². The number of fused-ring (bicyclic) bond motifs is 3. The van der Waals surface area contributed by atoms with E-state index in [0.29, 0.717) is 18.9 Å². The van der Waals surface area contributed by atoms with Gasteiger partial charge in [0.25, 0.3) is 5.56 Å². The third-order valence-corrected chi connectivity index (χ3v) is 7.23. The van der Waals surface area contributed by atoms with Crippen LogP contribution in [0.1, 0.15) is 29.1 Å². The summed E-state index contributed by atoms with van der Waals surface area (Å²) in [6.45, 7) is 6.15. The number of aliphatic hydroxyl groups excluding tert-OH is 1. The van der Waals surface area contributed by atoms with E-state index in [-0.39, 0.29) is 18.8 Å². The predicted molar refractivity (Wildman–Crippen MR) is 125 cm³/mol. The Balaban J connectivity index is 1.47. The molecule has 8 nitrogen and oxygen atoms in total. The molecule has 2 N–H and O–H groups in total. The standard InChI is InChI=1S/C23H32N4O4S/c1-2-11-31-16-17(28)14-27(8-7-26-9-12-30-13-10-26)15-20-24-22(29)21-18-5-3-4-6-19(18)32-23(21)25-20/h1,17,28H,3-16H2,(H,24,25,29). The molecule has 1 aliphatic heterocycles. The summed E-state index contributed by atoms with van der Waals surface area (Å²) in [5.74, 6) is 3.05. The Bertz CT molecular complexity index is 992. The van der Waals surface area contributed by atoms with E-state index in [2.05, 4.69) is 20.7 Å². The molecular weight excluding hydrogens is 428 g/mol. The Morgan fingerprint density at radius 1 is 1.34 bits per heavy atom. The van der Waals surface area contributed by atoms with E-state index < -0.39 is 6.10 Å². The minimum atomic E-state index is -0.669. The maximum absolute atomic E-state index is 12.9. The van der Waals surface area contributed by atoms with Crippen LogP contribution in [-0.4, -0.2) is 90.1 Å². The van der Waals surface area contributed by atoms with Gasteiger partial charge in [-0.25, -0.2) is 4.98 Å². The second-order valence-corrected chi connectivity index (χ2v) is 9.55. The summed E-state index contributed by atoms with van der Waals surface area (Å²) in [6.07, 6.45) is 8.88. The van der Waals surface area contributed by atoms with Gasteiger partial charge in [-0.2, -0.15) is 0 Å². The summed E-state index contributed by atoms with van der Waals surface area (Å²) in [5.41, 5.74) is 1.15. The number of nitrogens with zero attached hydrogens (tertiary/aromatic N) is 3. The van der Waals surface area contributed by atoms with E-state index in [9.17, 15) is 9.90 Å². The van der Waals surface area contributed by atoms with Crippen LogP contribution in [-0.2, 0) is 28.9 Å². The fourth-order valence-corrected chi connectivity index (χ4v) is 5.72. The lowest BCUT2D eigenvalue weighted by Gasteiger charge is -2.30. The van der Waals surface area contributed by atoms with E-state index in [1.54, 1.807) is 11.3 Å². The van der Waals surface area contributed by atoms with Crippen LogP contribution in [0.15, 0.2) is 4.79 Å². The van der Waals surface area contributed by atoms with Crippen molar-refractivity contribution in [2.75, 3.05) is 59.2 Å². The smallest absolute Gasteiger partial charge is 0.259 e. The van der Waals surface area contributed by atoms with Gasteiger partial charge >= 0.3 is 0 Å². The normalized spacial score (nSPS) is 18.0. The number of aromatic amines is 1. The zero-order valence-electron chi connectivity index (χ0n) is 18.5. The van der Waals surface area contributed by atoms with Crippen molar-refractivity contribution in [1.29, 1.82) is 0 Å². The van der Waals surface area contributed by atoms with E-state index in [1.807, 2.05) is 0 Å². The van der Waals surface area contributed by atoms with Crippen LogP contribution in [0.4, 0.5) is 0 Å². The molecule has 1 fully saturated rings. The molecule has 1 unspecified atom stereocenters. The number of terminal acetylenes is 1. The first-order valence-electron chi connectivity index (χ1n) is 11.4. The summed E-state index contributed by atoms with van der Waals surface area (Å²) in [7, 11) is 0. The number of H-pyrrole nitrogens is 1. The van der Waals surface area contributed by atoms with Crippen molar-refractivity contribution in [3.63, 3.8) is 0 Å². The molecule has 1 atom stereocenters. The molecule has 3 heterocycles. The van der Waals surface area contributed by atoms with Crippen molar-refractivity contribution < 1.29 is 14.6 Å². The number of ether oxygens (including phenoxy) is 2. The zero-order valence-corrected chi connectivity index (χ0v) is 19.3. The van der Waals surface area contributed by atoms with Crippen LogP contribution in [0.25, 0.3) is 10.2 Å². The highest BCUT2D eigenvalue weighted by molar-refractivity contribution is 7.18. The molecule has 9 heteroatoms. The molecule has 32 heavy (non-hydrogen) atoms. The van der Waals surface area contributed by atoms with Gasteiger partial charge < -0.3 is 19.6 Å². The summed E-state index contributed by atoms with van der Waals surface area (Å²) < 4.78 is 10.7. The topological polar surface area (TPSA) is 90.9 Å². The first kappa shape index (κ1) is 23.4. The van der Waals surface area contributed by atoms with Crippen molar-refractivity contribution in [3.05, 3.63) is 26.6 Å². The number of nitrogens with one attached hydrogen (secondary N) is 1. The van der Waals surface area contributed by atoms with Gasteiger partial charge in [0.05, 0.1) is 37.9 Å². The Labute approximate surface area is 192 Å². The van der Waals surface area contributed by atoms with Crippen molar-refractivity contribution in [3.8, 4) is 12.3 Å². The molecule has 0 aromatic carbocycles. The van der Waals surface area contributed by atoms with Crippen LogP contribution in [0, 0.1) is 12.3 Å². The van der Waals surface area contributed by atoms with Gasteiger partial charge in [-0.3, -0.25) is 14.6 Å². The Morgan fingerprint density at radius 3 is 2.97 bits per heavy atom. The molecule has 0 radical (unpaired) electrons. The second kappa shape index (κ2) is 11.4. The maximum Gasteiger partial charge on any atom is 0.259 e. The van der Waals surface area contributed by atoms with E-state index >= 15 is 0 Å². The summed E-state index contributed by atoms with van der Waals surface area (Å²) in [4.78, 5) is 27.3. The molecule has 0 amide bonds. The number of aliphatic hydroxyl groups is 1. The van der Waals surface area contributed by atoms with Crippen LogP contribution in [0.5, 0.6) is 0 Å². The molecule has 1 saturated heterocycles. The lowest BCUT2D eigenvalue weighted by atomic mass is 9.97. The van der Waals surface area contributed by atoms with Crippen molar-refractivity contribution in [2.45, 2.75) is 38.3 Å². The van der Waals surface area contributed by atoms with Crippen LogP contribution >= 0.6 is 11.3 Å². The second-order valence-electron chi connectivity index (χ2n) is 8.47.